The molecule has 1 N–H and O–H groups in total. The molecule has 5 nitrogen and oxygen atoms in total. The van der Waals surface area contributed by atoms with Crippen molar-refractivity contribution in [3.63, 3.8) is 0 Å². The maximum atomic E-state index is 13.9. The van der Waals surface area contributed by atoms with E-state index in [4.69, 9.17) is 9.47 Å². The quantitative estimate of drug-likeness (QED) is 0.453. The fraction of sp³-hybridized carbons (Fsp3) is 0.321. The largest absolute Gasteiger partial charge is 0.573 e. The number of carbonyl (C=O) groups excluding carboxylic acids is 1. The number of nitrogens with one attached hydrogen (secondary N) is 1. The third-order valence-electron chi connectivity index (χ3n) is 6.98. The molecule has 0 fully saturated rings. The minimum atomic E-state index is -4.76. The number of hydrogen-bond donors (Lipinski definition) is 1. The zero-order valence-electron chi connectivity index (χ0n) is 20.1. The summed E-state index contributed by atoms with van der Waals surface area (Å²) in [7, 11) is 0. The van der Waals surface area contributed by atoms with E-state index in [1.54, 1.807) is 12.1 Å². The zero-order chi connectivity index (χ0) is 25.7. The van der Waals surface area contributed by atoms with Crippen LogP contribution in [-0.4, -0.2) is 24.5 Å². The van der Waals surface area contributed by atoms with E-state index in [1.807, 2.05) is 63.2 Å². The number of benzene rings is 3. The average Bonchev–Trinajstić information content (AvgIpc) is 3.09. The van der Waals surface area contributed by atoms with Crippen LogP contribution in [0.5, 0.6) is 17.2 Å². The Morgan fingerprint density at radius 2 is 1.67 bits per heavy atom. The molecule has 1 spiro atoms. The van der Waals surface area contributed by atoms with E-state index in [-0.39, 0.29) is 17.6 Å². The van der Waals surface area contributed by atoms with Crippen LogP contribution in [0.15, 0.2) is 66.7 Å². The first-order valence-corrected chi connectivity index (χ1v) is 11.8. The molecule has 0 saturated heterocycles. The van der Waals surface area contributed by atoms with E-state index in [2.05, 4.69) is 10.1 Å². The van der Waals surface area contributed by atoms with Crippen molar-refractivity contribution in [2.45, 2.75) is 44.6 Å². The minimum absolute atomic E-state index is 0.160. The van der Waals surface area contributed by atoms with E-state index >= 15 is 0 Å². The number of rotatable bonds is 5. The van der Waals surface area contributed by atoms with Gasteiger partial charge in [0.15, 0.2) is 0 Å². The van der Waals surface area contributed by atoms with Crippen molar-refractivity contribution < 1.29 is 32.2 Å². The van der Waals surface area contributed by atoms with E-state index in [0.717, 1.165) is 22.4 Å². The number of fused-ring (bicyclic) bond motifs is 4. The fourth-order valence-corrected chi connectivity index (χ4v) is 5.59. The smallest absolute Gasteiger partial charge is 0.494 e. The van der Waals surface area contributed by atoms with Crippen molar-refractivity contribution in [1.82, 2.24) is 0 Å². The van der Waals surface area contributed by atoms with Crippen LogP contribution in [-0.2, 0) is 16.6 Å². The second-order valence-corrected chi connectivity index (χ2v) is 9.55. The van der Waals surface area contributed by atoms with Crippen molar-refractivity contribution in [2.75, 3.05) is 11.9 Å². The molecule has 2 atom stereocenters. The van der Waals surface area contributed by atoms with Gasteiger partial charge in [0.2, 0.25) is 5.91 Å². The molecule has 0 radical (unpaired) electrons. The molecule has 1 amide bonds. The van der Waals surface area contributed by atoms with Crippen LogP contribution in [0, 0.1) is 5.92 Å². The number of hydrogen-bond acceptors (Lipinski definition) is 4. The van der Waals surface area contributed by atoms with E-state index in [9.17, 15) is 18.0 Å². The minimum Gasteiger partial charge on any atom is -0.494 e. The van der Waals surface area contributed by atoms with Gasteiger partial charge in [0.25, 0.3) is 0 Å². The Balaban J connectivity index is 1.64. The highest BCUT2D eigenvalue weighted by atomic mass is 19.4. The predicted molar refractivity (Wildman–Crippen MR) is 128 cm³/mol. The highest BCUT2D eigenvalue weighted by molar-refractivity contribution is 6.09. The van der Waals surface area contributed by atoms with Gasteiger partial charge in [-0.2, -0.15) is 0 Å². The van der Waals surface area contributed by atoms with Gasteiger partial charge in [-0.3, -0.25) is 4.79 Å². The number of ether oxygens (including phenoxy) is 3. The molecule has 2 unspecified atom stereocenters. The molecule has 2 heterocycles. The van der Waals surface area contributed by atoms with Crippen LogP contribution >= 0.6 is 0 Å². The summed E-state index contributed by atoms with van der Waals surface area (Å²) < 4.78 is 54.1. The lowest BCUT2D eigenvalue weighted by atomic mass is 9.58. The molecule has 0 saturated carbocycles. The lowest BCUT2D eigenvalue weighted by Crippen LogP contribution is -2.58. The SMILES string of the molecule is CCOc1ccc2c(c1)OC(C)(C)C(Cc1ccc(OC(F)(F)F)cc1)C21C(=O)Nc2ccccc21. The third kappa shape index (κ3) is 3.94. The fourth-order valence-electron chi connectivity index (χ4n) is 5.59. The van der Waals surface area contributed by atoms with Crippen LogP contribution < -0.4 is 19.5 Å². The second kappa shape index (κ2) is 8.47. The number of anilines is 1. The standard InChI is InChI=1S/C28H26F3NO4/c1-4-34-19-13-14-21-23(16-19)36-26(2,3)24(15-17-9-11-18(12-10-17)35-28(29,30)31)27(21)20-7-5-6-8-22(20)32-25(27)33/h5-14,16,24H,4,15H2,1-3H3,(H,32,33). The van der Waals surface area contributed by atoms with Crippen molar-refractivity contribution in [3.05, 3.63) is 83.4 Å². The Labute approximate surface area is 207 Å². The highest BCUT2D eigenvalue weighted by Crippen LogP contribution is 2.58. The molecule has 8 heteroatoms. The molecular weight excluding hydrogens is 471 g/mol. The van der Waals surface area contributed by atoms with Gasteiger partial charge in [0.05, 0.1) is 6.61 Å². The van der Waals surface area contributed by atoms with Gasteiger partial charge in [-0.05, 0) is 62.6 Å². The summed E-state index contributed by atoms with van der Waals surface area (Å²) in [5, 5.41) is 3.06. The molecule has 0 bridgehead atoms. The first-order valence-electron chi connectivity index (χ1n) is 11.8. The van der Waals surface area contributed by atoms with Crippen molar-refractivity contribution in [1.29, 1.82) is 0 Å². The number of alkyl halides is 3. The van der Waals surface area contributed by atoms with Crippen LogP contribution in [0.1, 0.15) is 37.5 Å². The van der Waals surface area contributed by atoms with Gasteiger partial charge in [0.1, 0.15) is 28.3 Å². The monoisotopic (exact) mass is 497 g/mol. The number of para-hydroxylation sites is 1. The van der Waals surface area contributed by atoms with Gasteiger partial charge in [0, 0.05) is 23.2 Å². The summed E-state index contributed by atoms with van der Waals surface area (Å²) in [6.45, 7) is 6.26. The molecule has 2 aliphatic heterocycles. The highest BCUT2D eigenvalue weighted by Gasteiger charge is 2.62. The summed E-state index contributed by atoms with van der Waals surface area (Å²) >= 11 is 0. The Morgan fingerprint density at radius 1 is 0.972 bits per heavy atom. The van der Waals surface area contributed by atoms with Gasteiger partial charge in [-0.25, -0.2) is 0 Å². The van der Waals surface area contributed by atoms with Crippen molar-refractivity contribution >= 4 is 11.6 Å². The molecule has 2 aliphatic rings. The average molecular weight is 498 g/mol. The predicted octanol–water partition coefficient (Wildman–Crippen LogP) is 6.25. The van der Waals surface area contributed by atoms with Crippen LogP contribution in [0.4, 0.5) is 18.9 Å². The molecule has 5 rings (SSSR count). The maximum Gasteiger partial charge on any atom is 0.573 e. The Morgan fingerprint density at radius 3 is 2.36 bits per heavy atom. The van der Waals surface area contributed by atoms with Gasteiger partial charge in [-0.15, -0.1) is 13.2 Å². The summed E-state index contributed by atoms with van der Waals surface area (Å²) in [5.74, 6) is 0.384. The first kappa shape index (κ1) is 24.0. The van der Waals surface area contributed by atoms with Gasteiger partial charge in [-0.1, -0.05) is 36.4 Å². The lowest BCUT2D eigenvalue weighted by Gasteiger charge is -2.50. The maximum absolute atomic E-state index is 13.9. The van der Waals surface area contributed by atoms with Gasteiger partial charge < -0.3 is 19.5 Å². The first-order chi connectivity index (χ1) is 17.0. The van der Waals surface area contributed by atoms with E-state index in [0.29, 0.717) is 24.5 Å². The topological polar surface area (TPSA) is 56.8 Å². The molecule has 36 heavy (non-hydrogen) atoms. The summed E-state index contributed by atoms with van der Waals surface area (Å²) in [6, 6.07) is 18.9. The van der Waals surface area contributed by atoms with Crippen LogP contribution in [0.25, 0.3) is 0 Å². The molecule has 188 valence electrons. The number of halogens is 3. The van der Waals surface area contributed by atoms with E-state index in [1.165, 1.54) is 12.1 Å². The number of amides is 1. The van der Waals surface area contributed by atoms with Crippen LogP contribution in [0.3, 0.4) is 0 Å². The summed E-state index contributed by atoms with van der Waals surface area (Å²) in [4.78, 5) is 13.9. The van der Waals surface area contributed by atoms with Crippen molar-refractivity contribution in [3.8, 4) is 17.2 Å². The molecular formula is C28H26F3NO4. The normalized spacial score (nSPS) is 21.8. The van der Waals surface area contributed by atoms with Crippen molar-refractivity contribution in [2.24, 2.45) is 5.92 Å². The van der Waals surface area contributed by atoms with E-state index < -0.39 is 17.4 Å². The molecule has 3 aromatic carbocycles. The number of carbonyl (C=O) groups is 1. The van der Waals surface area contributed by atoms with Crippen LogP contribution in [0.2, 0.25) is 0 Å². The second-order valence-electron chi connectivity index (χ2n) is 9.55. The zero-order valence-corrected chi connectivity index (χ0v) is 20.1. The lowest BCUT2D eigenvalue weighted by molar-refractivity contribution is -0.274. The Hall–Kier alpha value is -3.68. The van der Waals surface area contributed by atoms with Gasteiger partial charge >= 0.3 is 6.36 Å². The summed E-state index contributed by atoms with van der Waals surface area (Å²) in [5.41, 5.74) is 1.19. The Kier molecular flexibility index (Phi) is 5.65. The molecule has 3 aromatic rings. The molecule has 0 aliphatic carbocycles. The summed E-state index contributed by atoms with van der Waals surface area (Å²) in [6.07, 6.45) is -4.38. The Bertz CT molecular complexity index is 1300. The third-order valence-corrected chi connectivity index (χ3v) is 6.98. The molecule has 0 aromatic heterocycles.